The summed E-state index contributed by atoms with van der Waals surface area (Å²) in [6, 6.07) is 7.40. The molecule has 1 unspecified atom stereocenters. The highest BCUT2D eigenvalue weighted by atomic mass is 79.9. The molecule has 0 radical (unpaired) electrons. The molecule has 0 saturated carbocycles. The molecule has 0 bridgehead atoms. The minimum atomic E-state index is -1.79. The van der Waals surface area contributed by atoms with Crippen molar-refractivity contribution in [2.45, 2.75) is 0 Å². The first kappa shape index (κ1) is 47.6. The molecule has 340 valence electrons. The van der Waals surface area contributed by atoms with Crippen molar-refractivity contribution in [3.05, 3.63) is 168 Å². The second-order valence-corrected chi connectivity index (χ2v) is 16.2. The van der Waals surface area contributed by atoms with Crippen LogP contribution >= 0.6 is 63.7 Å². The smallest absolute Gasteiger partial charge is 0.301 e. The zero-order valence-electron chi connectivity index (χ0n) is 31.5. The maximum absolute atomic E-state index is 14.2. The lowest BCUT2D eigenvalue weighted by Gasteiger charge is -2.35. The van der Waals surface area contributed by atoms with Crippen LogP contribution in [0.3, 0.4) is 0 Å². The molecule has 33 heteroatoms. The van der Waals surface area contributed by atoms with E-state index in [1.54, 1.807) is 0 Å². The number of ether oxygens (including phenoxy) is 1. The normalized spacial score (nSPS) is 17.8. The number of anilines is 3. The van der Waals surface area contributed by atoms with Crippen LogP contribution in [0.25, 0.3) is 0 Å². The van der Waals surface area contributed by atoms with Crippen molar-refractivity contribution in [1.82, 2.24) is 5.43 Å². The van der Waals surface area contributed by atoms with Crippen LogP contribution in [0.15, 0.2) is 117 Å². The highest BCUT2D eigenvalue weighted by molar-refractivity contribution is 9.13. The van der Waals surface area contributed by atoms with E-state index in [-0.39, 0.29) is 29.3 Å². The number of hydrazone groups is 2. The summed E-state index contributed by atoms with van der Waals surface area (Å²) in [5.74, 6) is -8.43. The Labute approximate surface area is 396 Å². The van der Waals surface area contributed by atoms with Gasteiger partial charge < -0.3 is 20.1 Å². The fraction of sp³-hybridized carbons (Fsp3) is 0.0606. The fourth-order valence-electron chi connectivity index (χ4n) is 6.00. The third-order valence-corrected chi connectivity index (χ3v) is 12.3. The molecule has 1 aliphatic heterocycles. The summed E-state index contributed by atoms with van der Waals surface area (Å²) < 4.78 is 4.78. The number of carbonyl (C=O) groups excluding carboxylic acids is 1. The van der Waals surface area contributed by atoms with Crippen molar-refractivity contribution in [3.63, 3.8) is 0 Å². The number of rotatable bonds is 14. The molecule has 2 aliphatic carbocycles. The first-order valence-electron chi connectivity index (χ1n) is 17.2. The van der Waals surface area contributed by atoms with Gasteiger partial charge in [-0.3, -0.25) is 87.2 Å². The summed E-state index contributed by atoms with van der Waals surface area (Å²) >= 11 is 12.7. The molecule has 3 aromatic rings. The minimum Gasteiger partial charge on any atom is -0.505 e. The van der Waals surface area contributed by atoms with Crippen molar-refractivity contribution in [2.75, 3.05) is 16.3 Å². The van der Waals surface area contributed by atoms with Crippen molar-refractivity contribution in [2.24, 2.45) is 22.0 Å². The first-order chi connectivity index (χ1) is 31.0. The largest absolute Gasteiger partial charge is 0.505 e. The number of hydrogen-bond acceptors (Lipinski definition) is 23. The molecule has 66 heavy (non-hydrogen) atoms. The van der Waals surface area contributed by atoms with Gasteiger partial charge >= 0.3 is 11.4 Å². The quantitative estimate of drug-likeness (QED) is 0.0591. The van der Waals surface area contributed by atoms with E-state index in [2.05, 4.69) is 95.6 Å². The second kappa shape index (κ2) is 18.7. The standard InChI is InChI=1S/C33H18Br4N12O17/c34-21-19(22(35)30(52)27(29(21)51)43-40-15-7-10(44(54)55)3-6-16(15)47(60)61)33-31(53)25(41-38-13-4-1-11(45(56)57)8-17(13)48(62)63)20-28(50)23(36)26(24(37)32(20)66-33)42-39-14-5-2-12(46(58)59)9-18(14)49(64)65/h1-9,19-20,38-40,42,51-53H/b41-25+,43-27?. The molecular formula is C33H18Br4N12O17. The van der Waals surface area contributed by atoms with Crippen LogP contribution in [0.4, 0.5) is 51.2 Å². The lowest BCUT2D eigenvalue weighted by Crippen LogP contribution is -2.40. The molecule has 0 amide bonds. The Morgan fingerprint density at radius 3 is 1.55 bits per heavy atom. The Balaban J connectivity index is 1.48. The van der Waals surface area contributed by atoms with Crippen LogP contribution in [0.2, 0.25) is 0 Å². The van der Waals surface area contributed by atoms with Crippen molar-refractivity contribution < 1.29 is 54.4 Å². The highest BCUT2D eigenvalue weighted by Crippen LogP contribution is 2.50. The Bertz CT molecular complexity index is 2980. The molecule has 6 rings (SSSR count). The molecule has 3 aliphatic rings. The number of ketones is 1. The predicted octanol–water partition coefficient (Wildman–Crippen LogP) is 8.16. The number of carbonyl (C=O) groups is 1. The number of fused-ring (bicyclic) bond motifs is 1. The predicted molar refractivity (Wildman–Crippen MR) is 240 cm³/mol. The number of nitro benzene ring substituents is 6. The van der Waals surface area contributed by atoms with E-state index in [1.807, 2.05) is 0 Å². The van der Waals surface area contributed by atoms with E-state index in [1.165, 1.54) is 0 Å². The van der Waals surface area contributed by atoms with Gasteiger partial charge in [-0.25, -0.2) is 0 Å². The van der Waals surface area contributed by atoms with Gasteiger partial charge in [-0.15, -0.1) is 0 Å². The fourth-order valence-corrected chi connectivity index (χ4v) is 8.96. The van der Waals surface area contributed by atoms with E-state index < -0.39 is 133 Å². The monoisotopic (exact) mass is 1170 g/mol. The number of hydrazine groups is 1. The molecule has 0 fully saturated rings. The molecule has 1 atom stereocenters. The van der Waals surface area contributed by atoms with E-state index in [0.29, 0.717) is 12.1 Å². The molecular weight excluding hydrogens is 1160 g/mol. The van der Waals surface area contributed by atoms with Crippen LogP contribution in [-0.4, -0.2) is 62.1 Å². The zero-order chi connectivity index (χ0) is 48.6. The number of nitrogens with one attached hydrogen (secondary N) is 4. The molecule has 0 aromatic heterocycles. The Hall–Kier alpha value is -7.91. The number of nitrogens with zero attached hydrogens (tertiary/aromatic N) is 8. The summed E-state index contributed by atoms with van der Waals surface area (Å²) in [6.07, 6.45) is 0. The number of non-ortho nitro benzene ring substituents is 3. The van der Waals surface area contributed by atoms with E-state index in [4.69, 9.17) is 4.74 Å². The average molecular weight is 1170 g/mol. The summed E-state index contributed by atoms with van der Waals surface area (Å²) in [6.45, 7) is 0. The number of aliphatic hydroxyl groups excluding tert-OH is 3. The van der Waals surface area contributed by atoms with Crippen LogP contribution in [-0.2, 0) is 9.53 Å². The van der Waals surface area contributed by atoms with Crippen LogP contribution < -0.4 is 21.7 Å². The maximum atomic E-state index is 14.2. The van der Waals surface area contributed by atoms with Gasteiger partial charge in [0.05, 0.1) is 71.2 Å². The molecule has 29 nitrogen and oxygen atoms in total. The van der Waals surface area contributed by atoms with E-state index >= 15 is 0 Å². The summed E-state index contributed by atoms with van der Waals surface area (Å²) in [4.78, 5) is 78.2. The van der Waals surface area contributed by atoms with E-state index in [9.17, 15) is 80.8 Å². The van der Waals surface area contributed by atoms with Gasteiger partial charge in [-0.2, -0.15) is 10.2 Å². The Morgan fingerprint density at radius 2 is 1.02 bits per heavy atom. The third-order valence-electron chi connectivity index (χ3n) is 9.11. The SMILES string of the molecule is O=C1C(Br)=C(NNc2ccc([N+](=O)[O-])cc2[N+](=O)[O-])C(Br)=C2OC(C3C(Br)=C(O)C(=NNc4cc([N+](=O)[O-])ccc4[N+](=O)[O-])C(O)=C3Br)=C(O)/C(=N/Nc3ccc([N+](=O)[O-])cc3[N+](=O)[O-])C12. The van der Waals surface area contributed by atoms with Crippen LogP contribution in [0, 0.1) is 72.5 Å². The topological polar surface area (TPSA) is 419 Å². The number of aliphatic hydroxyl groups is 3. The van der Waals surface area contributed by atoms with Gasteiger partial charge in [0.25, 0.3) is 22.7 Å². The number of benzene rings is 3. The summed E-state index contributed by atoms with van der Waals surface area (Å²) in [5.41, 5.74) is 2.28. The number of halogens is 4. The molecule has 0 saturated heterocycles. The number of hydrogen-bond donors (Lipinski definition) is 7. The lowest BCUT2D eigenvalue weighted by molar-refractivity contribution is -0.393. The lowest BCUT2D eigenvalue weighted by atomic mass is 9.85. The van der Waals surface area contributed by atoms with Crippen molar-refractivity contribution in [3.8, 4) is 0 Å². The third kappa shape index (κ3) is 8.93. The zero-order valence-corrected chi connectivity index (χ0v) is 37.8. The van der Waals surface area contributed by atoms with Crippen molar-refractivity contribution in [1.29, 1.82) is 0 Å². The van der Waals surface area contributed by atoms with Gasteiger partial charge in [-0.05, 0) is 44.0 Å². The van der Waals surface area contributed by atoms with Crippen molar-refractivity contribution >= 4 is 132 Å². The van der Waals surface area contributed by atoms with Gasteiger partial charge in [0.2, 0.25) is 0 Å². The Kier molecular flexibility index (Phi) is 13.5. The number of allylic oxidation sites excluding steroid dienone is 5. The Morgan fingerprint density at radius 1 is 0.530 bits per heavy atom. The average Bonchev–Trinajstić information content (AvgIpc) is 3.27. The van der Waals surface area contributed by atoms with Crippen LogP contribution in [0.5, 0.6) is 0 Å². The first-order valence-corrected chi connectivity index (χ1v) is 20.3. The van der Waals surface area contributed by atoms with Gasteiger partial charge in [0.1, 0.15) is 34.5 Å². The number of nitro groups is 6. The summed E-state index contributed by atoms with van der Waals surface area (Å²) in [5, 5.41) is 112. The summed E-state index contributed by atoms with van der Waals surface area (Å²) in [7, 11) is 0. The molecule has 3 aromatic carbocycles. The van der Waals surface area contributed by atoms with Gasteiger partial charge in [-0.1, -0.05) is 31.9 Å². The van der Waals surface area contributed by atoms with E-state index in [0.717, 1.165) is 42.5 Å². The van der Waals surface area contributed by atoms with Gasteiger partial charge in [0, 0.05) is 30.3 Å². The molecule has 1 heterocycles. The minimum absolute atomic E-state index is 0.204. The van der Waals surface area contributed by atoms with Crippen LogP contribution in [0.1, 0.15) is 0 Å². The maximum Gasteiger partial charge on any atom is 0.301 e. The second-order valence-electron chi connectivity index (χ2n) is 12.9. The molecule has 7 N–H and O–H groups in total. The number of Topliss-reactive ketones (excluding diaryl/α,β-unsaturated/α-hetero) is 1. The highest BCUT2D eigenvalue weighted by Gasteiger charge is 2.49. The molecule has 0 spiro atoms. The van der Waals surface area contributed by atoms with Gasteiger partial charge in [0.15, 0.2) is 34.5 Å².